The molecule has 1 aromatic heterocycles. The summed E-state index contributed by atoms with van der Waals surface area (Å²) in [6.07, 6.45) is 2.75. The number of H-pyrrole nitrogens is 1. The number of benzene rings is 2. The largest absolute Gasteiger partial charge is 0.489 e. The molecule has 2 aliphatic rings. The number of carbonyl (C=O) groups excluding carboxylic acids is 1. The molecular weight excluding hydrogens is 388 g/mol. The molecule has 0 radical (unpaired) electrons. The van der Waals surface area contributed by atoms with E-state index in [2.05, 4.69) is 28.9 Å². The van der Waals surface area contributed by atoms with Crippen LogP contribution in [0.25, 0.3) is 11.0 Å². The number of aromatic amines is 1. The normalized spacial score (nSPS) is 22.0. The standard InChI is InChI=1S/C25H30N4O2/c1-18-15-28(16-19-7-2-5-11-23(19)31-18)14-12-24(30)29-13-6-8-20(17-29)25-26-21-9-3-4-10-22(21)27-25/h2-5,7,9-11,18,20H,6,8,12-17H2,1H3,(H,26,27)/t18-,20-/m1/s1. The summed E-state index contributed by atoms with van der Waals surface area (Å²) in [5, 5.41) is 0. The summed E-state index contributed by atoms with van der Waals surface area (Å²) < 4.78 is 6.05. The average Bonchev–Trinajstić information content (AvgIpc) is 3.15. The molecule has 2 aromatic carbocycles. The van der Waals surface area contributed by atoms with Crippen LogP contribution in [-0.4, -0.2) is 58.0 Å². The van der Waals surface area contributed by atoms with Crippen molar-refractivity contribution in [1.29, 1.82) is 0 Å². The Morgan fingerprint density at radius 1 is 1.16 bits per heavy atom. The summed E-state index contributed by atoms with van der Waals surface area (Å²) >= 11 is 0. The number of carbonyl (C=O) groups is 1. The number of nitrogens with zero attached hydrogens (tertiary/aromatic N) is 3. The molecule has 0 aliphatic carbocycles. The first-order valence-corrected chi connectivity index (χ1v) is 11.3. The second-order valence-corrected chi connectivity index (χ2v) is 8.84. The van der Waals surface area contributed by atoms with Gasteiger partial charge in [0.15, 0.2) is 0 Å². The zero-order chi connectivity index (χ0) is 21.2. The minimum absolute atomic E-state index is 0.117. The van der Waals surface area contributed by atoms with Crippen molar-refractivity contribution < 1.29 is 9.53 Å². The second-order valence-electron chi connectivity index (χ2n) is 8.84. The summed E-state index contributed by atoms with van der Waals surface area (Å²) in [5.41, 5.74) is 3.26. The van der Waals surface area contributed by atoms with Crippen LogP contribution in [0.5, 0.6) is 5.75 Å². The van der Waals surface area contributed by atoms with E-state index in [0.717, 1.165) is 68.2 Å². The lowest BCUT2D eigenvalue weighted by Crippen LogP contribution is -2.41. The smallest absolute Gasteiger partial charge is 0.223 e. The van der Waals surface area contributed by atoms with Crippen LogP contribution >= 0.6 is 0 Å². The predicted octanol–water partition coefficient (Wildman–Crippen LogP) is 3.94. The topological polar surface area (TPSA) is 61.5 Å². The first-order valence-electron chi connectivity index (χ1n) is 11.3. The summed E-state index contributed by atoms with van der Waals surface area (Å²) in [4.78, 5) is 25.6. The highest BCUT2D eigenvalue weighted by molar-refractivity contribution is 5.77. The van der Waals surface area contributed by atoms with E-state index in [0.29, 0.717) is 6.42 Å². The van der Waals surface area contributed by atoms with Crippen LogP contribution in [0, 0.1) is 0 Å². The molecule has 162 valence electrons. The van der Waals surface area contributed by atoms with Gasteiger partial charge in [0, 0.05) is 50.6 Å². The molecule has 1 saturated heterocycles. The highest BCUT2D eigenvalue weighted by Crippen LogP contribution is 2.28. The van der Waals surface area contributed by atoms with Gasteiger partial charge in [-0.2, -0.15) is 0 Å². The molecule has 2 atom stereocenters. The number of hydrogen-bond donors (Lipinski definition) is 1. The Labute approximate surface area is 183 Å². The zero-order valence-corrected chi connectivity index (χ0v) is 18.1. The van der Waals surface area contributed by atoms with Crippen molar-refractivity contribution >= 4 is 16.9 Å². The second kappa shape index (κ2) is 8.71. The van der Waals surface area contributed by atoms with Crippen LogP contribution < -0.4 is 4.74 Å². The SMILES string of the molecule is C[C@@H]1CN(CCC(=O)N2CCC[C@@H](c3nc4ccccc4[nH]3)C2)Cc2ccccc2O1. The van der Waals surface area contributed by atoms with Gasteiger partial charge in [-0.05, 0) is 38.0 Å². The van der Waals surface area contributed by atoms with Crippen LogP contribution in [-0.2, 0) is 11.3 Å². The van der Waals surface area contributed by atoms with E-state index < -0.39 is 0 Å². The number of ether oxygens (including phenoxy) is 1. The van der Waals surface area contributed by atoms with Crippen LogP contribution in [0.3, 0.4) is 0 Å². The number of imidazole rings is 1. The molecule has 0 bridgehead atoms. The van der Waals surface area contributed by atoms with Crippen molar-refractivity contribution in [2.24, 2.45) is 0 Å². The molecule has 1 fully saturated rings. The predicted molar refractivity (Wildman–Crippen MR) is 121 cm³/mol. The van der Waals surface area contributed by atoms with Gasteiger partial charge in [-0.3, -0.25) is 9.69 Å². The van der Waals surface area contributed by atoms with Crippen molar-refractivity contribution in [3.8, 4) is 5.75 Å². The number of amides is 1. The number of fused-ring (bicyclic) bond motifs is 2. The van der Waals surface area contributed by atoms with E-state index in [1.165, 1.54) is 5.56 Å². The first-order chi connectivity index (χ1) is 15.2. The van der Waals surface area contributed by atoms with Gasteiger partial charge >= 0.3 is 0 Å². The van der Waals surface area contributed by atoms with Crippen molar-refractivity contribution in [2.75, 3.05) is 26.2 Å². The van der Waals surface area contributed by atoms with Crippen molar-refractivity contribution in [3.05, 3.63) is 59.9 Å². The highest BCUT2D eigenvalue weighted by atomic mass is 16.5. The van der Waals surface area contributed by atoms with Crippen LogP contribution in [0.4, 0.5) is 0 Å². The third-order valence-corrected chi connectivity index (χ3v) is 6.42. The van der Waals surface area contributed by atoms with Gasteiger partial charge in [0.1, 0.15) is 17.7 Å². The summed E-state index contributed by atoms with van der Waals surface area (Å²) in [6, 6.07) is 16.3. The maximum Gasteiger partial charge on any atom is 0.223 e. The van der Waals surface area contributed by atoms with Gasteiger partial charge in [0.25, 0.3) is 0 Å². The maximum atomic E-state index is 13.0. The van der Waals surface area contributed by atoms with E-state index in [9.17, 15) is 4.79 Å². The molecule has 5 rings (SSSR count). The Balaban J connectivity index is 1.20. The maximum absolute atomic E-state index is 13.0. The number of rotatable bonds is 4. The number of hydrogen-bond acceptors (Lipinski definition) is 4. The van der Waals surface area contributed by atoms with Crippen LogP contribution in [0.2, 0.25) is 0 Å². The molecule has 0 unspecified atom stereocenters. The summed E-state index contributed by atoms with van der Waals surface area (Å²) in [7, 11) is 0. The van der Waals surface area contributed by atoms with Gasteiger partial charge in [-0.1, -0.05) is 30.3 Å². The fourth-order valence-corrected chi connectivity index (χ4v) is 4.85. The van der Waals surface area contributed by atoms with Gasteiger partial charge < -0.3 is 14.6 Å². The Morgan fingerprint density at radius 3 is 2.90 bits per heavy atom. The van der Waals surface area contributed by atoms with Gasteiger partial charge in [-0.15, -0.1) is 0 Å². The Hall–Kier alpha value is -2.86. The molecule has 1 N–H and O–H groups in total. The van der Waals surface area contributed by atoms with Crippen LogP contribution in [0.15, 0.2) is 48.5 Å². The van der Waals surface area contributed by atoms with Gasteiger partial charge in [-0.25, -0.2) is 4.98 Å². The lowest BCUT2D eigenvalue weighted by atomic mass is 9.97. The summed E-state index contributed by atoms with van der Waals surface area (Å²) in [5.74, 6) is 2.50. The minimum Gasteiger partial charge on any atom is -0.489 e. The zero-order valence-electron chi connectivity index (χ0n) is 18.1. The monoisotopic (exact) mass is 418 g/mol. The molecule has 6 heteroatoms. The van der Waals surface area contributed by atoms with E-state index in [4.69, 9.17) is 9.72 Å². The molecular formula is C25H30N4O2. The van der Waals surface area contributed by atoms with E-state index in [1.54, 1.807) is 0 Å². The molecule has 1 amide bonds. The molecule has 0 spiro atoms. The fraction of sp³-hybridized carbons (Fsp3) is 0.440. The molecule has 31 heavy (non-hydrogen) atoms. The quantitative estimate of drug-likeness (QED) is 0.697. The fourth-order valence-electron chi connectivity index (χ4n) is 4.85. The number of para-hydroxylation sites is 3. The number of nitrogens with one attached hydrogen (secondary N) is 1. The highest BCUT2D eigenvalue weighted by Gasteiger charge is 2.27. The number of piperidine rings is 1. The Kier molecular flexibility index (Phi) is 5.64. The van der Waals surface area contributed by atoms with Crippen molar-refractivity contribution in [1.82, 2.24) is 19.8 Å². The molecule has 6 nitrogen and oxygen atoms in total. The Morgan fingerprint density at radius 2 is 2.00 bits per heavy atom. The van der Waals surface area contributed by atoms with Gasteiger partial charge in [0.2, 0.25) is 5.91 Å². The molecule has 3 heterocycles. The molecule has 0 saturated carbocycles. The lowest BCUT2D eigenvalue weighted by molar-refractivity contribution is -0.132. The number of likely N-dealkylation sites (tertiary alicyclic amines) is 1. The van der Waals surface area contributed by atoms with Crippen LogP contribution in [0.1, 0.15) is 43.5 Å². The molecule has 3 aromatic rings. The number of aromatic nitrogens is 2. The van der Waals surface area contributed by atoms with E-state index >= 15 is 0 Å². The Bertz CT molecular complexity index is 1030. The summed E-state index contributed by atoms with van der Waals surface area (Å²) in [6.45, 7) is 6.12. The van der Waals surface area contributed by atoms with Crippen molar-refractivity contribution in [3.63, 3.8) is 0 Å². The average molecular weight is 419 g/mol. The first kappa shape index (κ1) is 20.1. The van der Waals surface area contributed by atoms with E-state index in [1.807, 2.05) is 41.3 Å². The van der Waals surface area contributed by atoms with Crippen molar-refractivity contribution in [2.45, 2.75) is 44.8 Å². The van der Waals surface area contributed by atoms with Gasteiger partial charge in [0.05, 0.1) is 11.0 Å². The third-order valence-electron chi connectivity index (χ3n) is 6.42. The molecule has 2 aliphatic heterocycles. The third kappa shape index (κ3) is 4.44. The van der Waals surface area contributed by atoms with E-state index in [-0.39, 0.29) is 17.9 Å². The lowest BCUT2D eigenvalue weighted by Gasteiger charge is -2.32. The minimum atomic E-state index is 0.117.